The molecule has 0 radical (unpaired) electrons. The van der Waals surface area contributed by atoms with Crippen molar-refractivity contribution in [1.29, 1.82) is 5.26 Å². The molecule has 0 aromatic carbocycles. The van der Waals surface area contributed by atoms with Gasteiger partial charge in [-0.15, -0.1) is 0 Å². The zero-order chi connectivity index (χ0) is 17.3. The van der Waals surface area contributed by atoms with E-state index in [1.54, 1.807) is 0 Å². The third kappa shape index (κ3) is 1.91. The molecule has 0 aliphatic heterocycles. The SMILES string of the molecule is C=C1C[C@H]2C(=CC1=O)C[C@H](C)[C@@H]1[C@@H]2CC[C@@]2(C)[C@H]1CC[C@]2(C)C#N. The number of nitriles is 1. The second-order valence-corrected chi connectivity index (χ2v) is 9.47. The Labute approximate surface area is 146 Å². The van der Waals surface area contributed by atoms with E-state index in [0.717, 1.165) is 24.8 Å². The number of hydrogen-bond donors (Lipinski definition) is 0. The minimum Gasteiger partial charge on any atom is -0.290 e. The van der Waals surface area contributed by atoms with Gasteiger partial charge in [-0.2, -0.15) is 5.26 Å². The van der Waals surface area contributed by atoms with Crippen LogP contribution >= 0.6 is 0 Å². The summed E-state index contributed by atoms with van der Waals surface area (Å²) in [5, 5.41) is 9.83. The van der Waals surface area contributed by atoms with Gasteiger partial charge in [-0.25, -0.2) is 0 Å². The highest BCUT2D eigenvalue weighted by Crippen LogP contribution is 2.68. The van der Waals surface area contributed by atoms with Crippen molar-refractivity contribution in [1.82, 2.24) is 0 Å². The number of rotatable bonds is 0. The van der Waals surface area contributed by atoms with Gasteiger partial charge in [-0.05, 0) is 92.1 Å². The summed E-state index contributed by atoms with van der Waals surface area (Å²) in [4.78, 5) is 12.1. The van der Waals surface area contributed by atoms with Crippen LogP contribution in [0.1, 0.15) is 59.3 Å². The van der Waals surface area contributed by atoms with Gasteiger partial charge < -0.3 is 0 Å². The van der Waals surface area contributed by atoms with E-state index in [2.05, 4.69) is 33.4 Å². The molecule has 3 fully saturated rings. The minimum absolute atomic E-state index is 0.158. The van der Waals surface area contributed by atoms with E-state index < -0.39 is 0 Å². The maximum Gasteiger partial charge on any atom is 0.181 e. The van der Waals surface area contributed by atoms with Crippen molar-refractivity contribution >= 4 is 5.78 Å². The first kappa shape index (κ1) is 16.1. The fraction of sp³-hybridized carbons (Fsp3) is 0.727. The summed E-state index contributed by atoms with van der Waals surface area (Å²) in [6.07, 6.45) is 8.49. The number of nitrogens with zero attached hydrogens (tertiary/aromatic N) is 1. The molecular weight excluding hydrogens is 294 g/mol. The summed E-state index contributed by atoms with van der Waals surface area (Å²) in [5.41, 5.74) is 2.20. The average Bonchev–Trinajstić information content (AvgIpc) is 2.82. The van der Waals surface area contributed by atoms with E-state index in [-0.39, 0.29) is 16.6 Å². The predicted octanol–water partition coefficient (Wildman–Crippen LogP) is 5.07. The molecular formula is C22H29NO. The van der Waals surface area contributed by atoms with Crippen LogP contribution in [0.5, 0.6) is 0 Å². The monoisotopic (exact) mass is 323 g/mol. The van der Waals surface area contributed by atoms with Crippen LogP contribution in [-0.4, -0.2) is 5.78 Å². The maximum atomic E-state index is 12.1. The van der Waals surface area contributed by atoms with Crippen LogP contribution in [0.25, 0.3) is 0 Å². The van der Waals surface area contributed by atoms with Crippen molar-refractivity contribution in [3.63, 3.8) is 0 Å². The van der Waals surface area contributed by atoms with Crippen LogP contribution in [-0.2, 0) is 4.79 Å². The highest BCUT2D eigenvalue weighted by atomic mass is 16.1. The maximum absolute atomic E-state index is 12.1. The molecule has 0 aromatic heterocycles. The standard InChI is InChI=1S/C22H29NO/c1-13-10-17-15(11-19(13)24)9-14(2)20-16(17)5-8-22(4)18(20)6-7-21(22,3)12-23/h11,14,16-18,20H,1,5-10H2,2-4H3/t14-,16+,17-,18-,20+,21+,22-/m0/s1. The molecule has 7 atom stereocenters. The van der Waals surface area contributed by atoms with Crippen LogP contribution in [0, 0.1) is 51.8 Å². The van der Waals surface area contributed by atoms with E-state index in [0.29, 0.717) is 29.6 Å². The zero-order valence-corrected chi connectivity index (χ0v) is 15.3. The molecule has 2 heteroatoms. The first-order valence-electron chi connectivity index (χ1n) is 9.64. The molecule has 0 aromatic rings. The van der Waals surface area contributed by atoms with Crippen molar-refractivity contribution in [2.75, 3.05) is 0 Å². The molecule has 0 N–H and O–H groups in total. The van der Waals surface area contributed by atoms with Gasteiger partial charge in [-0.1, -0.05) is 26.0 Å². The third-order valence-corrected chi connectivity index (χ3v) is 8.58. The number of hydrogen-bond acceptors (Lipinski definition) is 2. The van der Waals surface area contributed by atoms with Crippen molar-refractivity contribution in [2.45, 2.75) is 59.3 Å². The summed E-state index contributed by atoms with van der Waals surface area (Å²) in [7, 11) is 0. The summed E-state index contributed by atoms with van der Waals surface area (Å²) in [6, 6.07) is 2.69. The van der Waals surface area contributed by atoms with Gasteiger partial charge in [0, 0.05) is 0 Å². The molecule has 0 bridgehead atoms. The molecule has 128 valence electrons. The Kier molecular flexibility index (Phi) is 3.41. The molecule has 4 aliphatic carbocycles. The van der Waals surface area contributed by atoms with Gasteiger partial charge in [0.15, 0.2) is 5.78 Å². The predicted molar refractivity (Wildman–Crippen MR) is 94.9 cm³/mol. The Morgan fingerprint density at radius 3 is 2.71 bits per heavy atom. The Morgan fingerprint density at radius 2 is 2.00 bits per heavy atom. The van der Waals surface area contributed by atoms with Crippen molar-refractivity contribution in [3.05, 3.63) is 23.8 Å². The topological polar surface area (TPSA) is 40.9 Å². The first-order valence-corrected chi connectivity index (χ1v) is 9.64. The fourth-order valence-corrected chi connectivity index (χ4v) is 6.98. The van der Waals surface area contributed by atoms with Gasteiger partial charge in [0.2, 0.25) is 0 Å². The Morgan fingerprint density at radius 1 is 1.25 bits per heavy atom. The second kappa shape index (κ2) is 5.07. The summed E-state index contributed by atoms with van der Waals surface area (Å²) >= 11 is 0. The highest BCUT2D eigenvalue weighted by molar-refractivity contribution is 6.05. The second-order valence-electron chi connectivity index (χ2n) is 9.47. The Balaban J connectivity index is 1.71. The van der Waals surface area contributed by atoms with Gasteiger partial charge in [-0.3, -0.25) is 4.79 Å². The third-order valence-electron chi connectivity index (χ3n) is 8.58. The normalized spacial score (nSPS) is 50.4. The van der Waals surface area contributed by atoms with Crippen LogP contribution in [0.3, 0.4) is 0 Å². The molecule has 24 heavy (non-hydrogen) atoms. The minimum atomic E-state index is -0.162. The van der Waals surface area contributed by atoms with Crippen molar-refractivity contribution < 1.29 is 4.79 Å². The number of carbonyl (C=O) groups is 1. The number of fused-ring (bicyclic) bond motifs is 5. The molecule has 0 amide bonds. The molecule has 3 saturated carbocycles. The highest BCUT2D eigenvalue weighted by Gasteiger charge is 2.62. The quantitative estimate of drug-likeness (QED) is 0.584. The summed E-state index contributed by atoms with van der Waals surface area (Å²) < 4.78 is 0. The number of allylic oxidation sites excluding steroid dienone is 2. The fourth-order valence-electron chi connectivity index (χ4n) is 6.98. The van der Waals surface area contributed by atoms with Crippen molar-refractivity contribution in [2.24, 2.45) is 40.4 Å². The van der Waals surface area contributed by atoms with Gasteiger partial charge >= 0.3 is 0 Å². The molecule has 2 nitrogen and oxygen atoms in total. The van der Waals surface area contributed by atoms with E-state index in [1.165, 1.54) is 24.8 Å². The van der Waals surface area contributed by atoms with Crippen LogP contribution in [0.2, 0.25) is 0 Å². The lowest BCUT2D eigenvalue weighted by molar-refractivity contribution is -0.112. The molecule has 4 aliphatic rings. The van der Waals surface area contributed by atoms with E-state index in [9.17, 15) is 10.1 Å². The number of carbonyl (C=O) groups excluding carboxylic acids is 1. The van der Waals surface area contributed by atoms with Crippen LogP contribution < -0.4 is 0 Å². The lowest BCUT2D eigenvalue weighted by atomic mass is 9.47. The Hall–Kier alpha value is -1.36. The van der Waals surface area contributed by atoms with Crippen molar-refractivity contribution in [3.8, 4) is 6.07 Å². The molecule has 0 heterocycles. The first-order chi connectivity index (χ1) is 11.3. The average molecular weight is 323 g/mol. The molecule has 0 unspecified atom stereocenters. The summed E-state index contributed by atoms with van der Waals surface area (Å²) in [5.74, 6) is 3.39. The van der Waals surface area contributed by atoms with Gasteiger partial charge in [0.25, 0.3) is 0 Å². The molecule has 4 rings (SSSR count). The lowest BCUT2D eigenvalue weighted by Crippen LogP contribution is -2.51. The van der Waals surface area contributed by atoms with Gasteiger partial charge in [0.05, 0.1) is 11.5 Å². The lowest BCUT2D eigenvalue weighted by Gasteiger charge is -2.57. The van der Waals surface area contributed by atoms with E-state index in [4.69, 9.17) is 0 Å². The van der Waals surface area contributed by atoms with E-state index >= 15 is 0 Å². The molecule has 0 saturated heterocycles. The largest absolute Gasteiger partial charge is 0.290 e. The van der Waals surface area contributed by atoms with Crippen LogP contribution in [0.15, 0.2) is 23.8 Å². The zero-order valence-electron chi connectivity index (χ0n) is 15.3. The van der Waals surface area contributed by atoms with E-state index in [1.807, 2.05) is 6.08 Å². The molecule has 0 spiro atoms. The van der Waals surface area contributed by atoms with Crippen LogP contribution in [0.4, 0.5) is 0 Å². The number of ketones is 1. The Bertz CT molecular complexity index is 683. The van der Waals surface area contributed by atoms with Gasteiger partial charge in [0.1, 0.15) is 0 Å². The smallest absolute Gasteiger partial charge is 0.181 e. The summed E-state index contributed by atoms with van der Waals surface area (Å²) in [6.45, 7) is 11.0.